The van der Waals surface area contributed by atoms with Crippen molar-refractivity contribution in [2.45, 2.75) is 24.9 Å². The molecule has 9 nitrogen and oxygen atoms in total. The highest BCUT2D eigenvalue weighted by atomic mass is 32.2. The lowest BCUT2D eigenvalue weighted by atomic mass is 10.2. The van der Waals surface area contributed by atoms with E-state index in [2.05, 4.69) is 14.4 Å². The van der Waals surface area contributed by atoms with Crippen LogP contribution in [0.15, 0.2) is 70.5 Å². The van der Waals surface area contributed by atoms with E-state index in [-0.39, 0.29) is 34.3 Å². The van der Waals surface area contributed by atoms with E-state index in [1.807, 2.05) is 0 Å². The molecular formula is C23H23F2N3O6S. The number of nitrogens with one attached hydrogen (secondary N) is 2. The van der Waals surface area contributed by atoms with E-state index in [4.69, 9.17) is 4.74 Å². The molecule has 0 aliphatic carbocycles. The normalized spacial score (nSPS) is 11.6. The van der Waals surface area contributed by atoms with Gasteiger partial charge in [-0.1, -0.05) is 6.07 Å². The first-order valence-electron chi connectivity index (χ1n) is 10.3. The zero-order chi connectivity index (χ0) is 25.8. The Hall–Kier alpha value is -3.93. The quantitative estimate of drug-likeness (QED) is 0.454. The number of sulfonamides is 1. The molecule has 0 atom stereocenters. The number of rotatable bonds is 9. The molecule has 3 rings (SSSR count). The van der Waals surface area contributed by atoms with Gasteiger partial charge in [-0.05, 0) is 37.3 Å². The van der Waals surface area contributed by atoms with Crippen LogP contribution in [0, 0.1) is 0 Å². The zero-order valence-corrected chi connectivity index (χ0v) is 19.9. The van der Waals surface area contributed by atoms with Crippen molar-refractivity contribution in [1.29, 1.82) is 0 Å². The summed E-state index contributed by atoms with van der Waals surface area (Å²) in [6.07, 6.45) is -2.09. The molecular weight excluding hydrogens is 484 g/mol. The molecule has 0 saturated heterocycles. The van der Waals surface area contributed by atoms with Crippen LogP contribution in [-0.4, -0.2) is 39.1 Å². The van der Waals surface area contributed by atoms with E-state index < -0.39 is 27.6 Å². The molecule has 0 unspecified atom stereocenters. The average Bonchev–Trinajstić information content (AvgIpc) is 2.77. The number of alkyl halides is 2. The molecule has 0 bridgehead atoms. The lowest BCUT2D eigenvalue weighted by Gasteiger charge is -2.20. The van der Waals surface area contributed by atoms with Crippen LogP contribution in [-0.2, 0) is 10.0 Å². The Morgan fingerprint density at radius 1 is 1.14 bits per heavy atom. The number of carbonyl (C=O) groups excluding carboxylic acids is 1. The molecule has 0 aliphatic heterocycles. The van der Waals surface area contributed by atoms with Crippen molar-refractivity contribution in [2.75, 3.05) is 23.3 Å². The van der Waals surface area contributed by atoms with Gasteiger partial charge >= 0.3 is 6.11 Å². The molecule has 0 fully saturated rings. The molecule has 1 amide bonds. The third-order valence-electron chi connectivity index (χ3n) is 4.61. The topological polar surface area (TPSA) is 118 Å². The number of pyridine rings is 1. The highest BCUT2D eigenvalue weighted by molar-refractivity contribution is 7.92. The van der Waals surface area contributed by atoms with E-state index in [1.54, 1.807) is 6.92 Å². The minimum atomic E-state index is -4.21. The van der Waals surface area contributed by atoms with Crippen molar-refractivity contribution in [3.63, 3.8) is 0 Å². The van der Waals surface area contributed by atoms with Gasteiger partial charge in [-0.3, -0.25) is 14.3 Å². The summed E-state index contributed by atoms with van der Waals surface area (Å²) in [6, 6.07) is 11.8. The summed E-state index contributed by atoms with van der Waals surface area (Å²) in [6.45, 7) is 2.36. The van der Waals surface area contributed by atoms with Gasteiger partial charge in [0.2, 0.25) is 5.56 Å². The third-order valence-corrected chi connectivity index (χ3v) is 6.03. The molecule has 2 aromatic carbocycles. The molecule has 35 heavy (non-hydrogen) atoms. The highest BCUT2D eigenvalue weighted by Gasteiger charge is 2.25. The first-order chi connectivity index (χ1) is 16.4. The number of anilines is 2. The van der Waals surface area contributed by atoms with Crippen LogP contribution in [0.4, 0.5) is 20.2 Å². The number of halogens is 2. The molecule has 2 N–H and O–H groups in total. The number of carbonyl (C=O) groups is 1. The van der Waals surface area contributed by atoms with Crippen LogP contribution in [0.1, 0.15) is 24.2 Å². The third kappa shape index (κ3) is 6.57. The number of aromatic amines is 1. The number of amides is 1. The predicted molar refractivity (Wildman–Crippen MR) is 126 cm³/mol. The highest BCUT2D eigenvalue weighted by Crippen LogP contribution is 2.32. The number of H-pyrrole nitrogens is 1. The Morgan fingerprint density at radius 3 is 2.54 bits per heavy atom. The fraction of sp³-hybridized carbons (Fsp3) is 0.217. The number of hydrogen-bond donors (Lipinski definition) is 2. The maximum absolute atomic E-state index is 13.1. The lowest BCUT2D eigenvalue weighted by Crippen LogP contribution is -2.27. The average molecular weight is 508 g/mol. The van der Waals surface area contributed by atoms with Gasteiger partial charge in [0.25, 0.3) is 15.9 Å². The van der Waals surface area contributed by atoms with E-state index >= 15 is 0 Å². The standard InChI is InChI=1S/C23H23F2N3O6S/c1-4-33-19-14-17(28(3)22(30)15-10-11-26-21(29)12-15)8-9-20(19)35(31,32)27-16-6-5-7-18(13-16)34-23(2,24)25/h5-14,27H,4H2,1-3H3,(H,26,29). The summed E-state index contributed by atoms with van der Waals surface area (Å²) in [5.74, 6) is -0.745. The SMILES string of the molecule is CCOc1cc(N(C)C(=O)c2cc[nH]c(=O)c2)ccc1S(=O)(=O)Nc1cccc(OC(C)(F)F)c1. The molecule has 0 radical (unpaired) electrons. The van der Waals surface area contributed by atoms with Crippen LogP contribution >= 0.6 is 0 Å². The summed E-state index contributed by atoms with van der Waals surface area (Å²) >= 11 is 0. The van der Waals surface area contributed by atoms with Gasteiger partial charge in [-0.15, -0.1) is 0 Å². The summed E-state index contributed by atoms with van der Waals surface area (Å²) in [5.41, 5.74) is 0.0226. The Bertz CT molecular complexity index is 1390. The summed E-state index contributed by atoms with van der Waals surface area (Å²) in [4.78, 5) is 27.7. The van der Waals surface area contributed by atoms with Crippen LogP contribution in [0.25, 0.3) is 0 Å². The first kappa shape index (κ1) is 25.7. The second-order valence-corrected chi connectivity index (χ2v) is 9.06. The Kier molecular flexibility index (Phi) is 7.44. The van der Waals surface area contributed by atoms with Crippen molar-refractivity contribution in [2.24, 2.45) is 0 Å². The van der Waals surface area contributed by atoms with E-state index in [9.17, 15) is 26.8 Å². The van der Waals surface area contributed by atoms with E-state index in [1.165, 1.54) is 60.6 Å². The van der Waals surface area contributed by atoms with Crippen LogP contribution in [0.5, 0.6) is 11.5 Å². The molecule has 0 spiro atoms. The maximum atomic E-state index is 13.1. The Morgan fingerprint density at radius 2 is 1.89 bits per heavy atom. The van der Waals surface area contributed by atoms with Crippen molar-refractivity contribution in [1.82, 2.24) is 4.98 Å². The molecule has 0 saturated carbocycles. The van der Waals surface area contributed by atoms with E-state index in [0.717, 1.165) is 12.1 Å². The van der Waals surface area contributed by atoms with Gasteiger partial charge in [0.1, 0.15) is 16.4 Å². The van der Waals surface area contributed by atoms with Gasteiger partial charge < -0.3 is 19.4 Å². The van der Waals surface area contributed by atoms with Crippen LogP contribution in [0.2, 0.25) is 0 Å². The van der Waals surface area contributed by atoms with Crippen molar-refractivity contribution < 1.29 is 31.5 Å². The second-order valence-electron chi connectivity index (χ2n) is 7.41. The number of benzene rings is 2. The first-order valence-corrected chi connectivity index (χ1v) is 11.8. The molecule has 0 aliphatic rings. The summed E-state index contributed by atoms with van der Waals surface area (Å²) < 4.78 is 64.7. The van der Waals surface area contributed by atoms with Crippen LogP contribution < -0.4 is 24.7 Å². The summed E-state index contributed by atoms with van der Waals surface area (Å²) in [5, 5.41) is 0. The van der Waals surface area contributed by atoms with Gasteiger partial charge in [0, 0.05) is 49.6 Å². The fourth-order valence-electron chi connectivity index (χ4n) is 3.12. The second kappa shape index (κ2) is 10.1. The molecule has 3 aromatic rings. The van der Waals surface area contributed by atoms with Crippen LogP contribution in [0.3, 0.4) is 0 Å². The predicted octanol–water partition coefficient (Wildman–Crippen LogP) is 3.84. The van der Waals surface area contributed by atoms with Gasteiger partial charge in [0.15, 0.2) is 0 Å². The molecule has 12 heteroatoms. The number of hydrogen-bond acceptors (Lipinski definition) is 6. The summed E-state index contributed by atoms with van der Waals surface area (Å²) in [7, 11) is -2.75. The largest absolute Gasteiger partial charge is 0.492 e. The maximum Gasteiger partial charge on any atom is 0.394 e. The number of aromatic nitrogens is 1. The fourth-order valence-corrected chi connectivity index (χ4v) is 4.30. The van der Waals surface area contributed by atoms with Crippen molar-refractivity contribution in [3.05, 3.63) is 76.7 Å². The number of nitrogens with zero attached hydrogens (tertiary/aromatic N) is 1. The molecule has 186 valence electrons. The molecule has 1 heterocycles. The number of ether oxygens (including phenoxy) is 2. The van der Waals surface area contributed by atoms with Crippen molar-refractivity contribution in [3.8, 4) is 11.5 Å². The molecule has 1 aromatic heterocycles. The van der Waals surface area contributed by atoms with Gasteiger partial charge in [-0.2, -0.15) is 8.78 Å². The minimum absolute atomic E-state index is 0.000120. The smallest absolute Gasteiger partial charge is 0.394 e. The Balaban J connectivity index is 1.91. The monoisotopic (exact) mass is 507 g/mol. The van der Waals surface area contributed by atoms with Gasteiger partial charge in [0.05, 0.1) is 12.3 Å². The minimum Gasteiger partial charge on any atom is -0.492 e. The Labute approximate surface area is 200 Å². The van der Waals surface area contributed by atoms with Crippen molar-refractivity contribution >= 4 is 27.3 Å². The van der Waals surface area contributed by atoms with Gasteiger partial charge in [-0.25, -0.2) is 8.42 Å². The van der Waals surface area contributed by atoms with E-state index in [0.29, 0.717) is 12.6 Å². The zero-order valence-electron chi connectivity index (χ0n) is 19.0. The lowest BCUT2D eigenvalue weighted by molar-refractivity contribution is -0.158.